The molecule has 1 saturated carbocycles. The summed E-state index contributed by atoms with van der Waals surface area (Å²) in [6.07, 6.45) is 6.25. The number of nitrogens with one attached hydrogen (secondary N) is 1. The maximum Gasteiger partial charge on any atom is 0.122 e. The van der Waals surface area contributed by atoms with Gasteiger partial charge in [-0.25, -0.2) is 0 Å². The molecule has 0 aromatic heterocycles. The molecule has 0 saturated heterocycles. The minimum atomic E-state index is -0.479. The van der Waals surface area contributed by atoms with Crippen LogP contribution in [0.15, 0.2) is 18.2 Å². The maximum atomic E-state index is 10.5. The molecule has 1 aromatic rings. The van der Waals surface area contributed by atoms with Crippen LogP contribution in [0.4, 0.5) is 0 Å². The highest BCUT2D eigenvalue weighted by Gasteiger charge is 2.31. The molecule has 2 N–H and O–H groups in total. The van der Waals surface area contributed by atoms with E-state index in [4.69, 9.17) is 4.74 Å². The van der Waals surface area contributed by atoms with Crippen LogP contribution in [0.3, 0.4) is 0 Å². The Morgan fingerprint density at radius 2 is 2.15 bits per heavy atom. The summed E-state index contributed by atoms with van der Waals surface area (Å²) < 4.78 is 5.56. The van der Waals surface area contributed by atoms with Gasteiger partial charge in [-0.15, -0.1) is 0 Å². The summed E-state index contributed by atoms with van der Waals surface area (Å²) >= 11 is 0. The van der Waals surface area contributed by atoms with Crippen LogP contribution in [0.25, 0.3) is 0 Å². The molecular formula is C17H25NO2. The zero-order valence-electron chi connectivity index (χ0n) is 12.3. The van der Waals surface area contributed by atoms with Crippen molar-refractivity contribution in [2.75, 3.05) is 13.2 Å². The van der Waals surface area contributed by atoms with Gasteiger partial charge >= 0.3 is 0 Å². The average molecular weight is 275 g/mol. The van der Waals surface area contributed by atoms with Crippen LogP contribution < -0.4 is 10.1 Å². The number of benzene rings is 1. The summed E-state index contributed by atoms with van der Waals surface area (Å²) in [7, 11) is 0. The van der Waals surface area contributed by atoms with Crippen molar-refractivity contribution in [2.24, 2.45) is 0 Å². The van der Waals surface area contributed by atoms with Crippen LogP contribution in [0.1, 0.15) is 56.2 Å². The number of fused-ring (bicyclic) bond motifs is 1. The molecular weight excluding hydrogens is 250 g/mol. The first-order chi connectivity index (χ1) is 9.70. The maximum absolute atomic E-state index is 10.5. The van der Waals surface area contributed by atoms with Crippen LogP contribution in [-0.2, 0) is 6.42 Å². The molecule has 1 fully saturated rings. The van der Waals surface area contributed by atoms with E-state index in [9.17, 15) is 5.11 Å². The zero-order valence-corrected chi connectivity index (χ0v) is 12.3. The van der Waals surface area contributed by atoms with Crippen LogP contribution in [-0.4, -0.2) is 23.9 Å². The van der Waals surface area contributed by atoms with Crippen molar-refractivity contribution in [3.63, 3.8) is 0 Å². The Hall–Kier alpha value is -1.06. The van der Waals surface area contributed by atoms with Gasteiger partial charge in [-0.2, -0.15) is 0 Å². The Kier molecular flexibility index (Phi) is 3.99. The Balaban J connectivity index is 1.67. The quantitative estimate of drug-likeness (QED) is 0.868. The van der Waals surface area contributed by atoms with Crippen molar-refractivity contribution in [1.82, 2.24) is 5.32 Å². The molecule has 20 heavy (non-hydrogen) atoms. The minimum Gasteiger partial charge on any atom is -0.493 e. The number of hydrogen-bond acceptors (Lipinski definition) is 3. The normalized spacial score (nSPS) is 21.5. The van der Waals surface area contributed by atoms with Gasteiger partial charge in [0.25, 0.3) is 0 Å². The molecule has 1 aliphatic carbocycles. The molecule has 1 heterocycles. The highest BCUT2D eigenvalue weighted by atomic mass is 16.5. The minimum absolute atomic E-state index is 0.325. The van der Waals surface area contributed by atoms with E-state index in [0.29, 0.717) is 12.6 Å². The van der Waals surface area contributed by atoms with Crippen LogP contribution in [0.5, 0.6) is 5.75 Å². The second kappa shape index (κ2) is 5.74. The molecule has 1 atom stereocenters. The van der Waals surface area contributed by atoms with Crippen molar-refractivity contribution in [3.8, 4) is 5.75 Å². The molecule has 3 rings (SSSR count). The summed E-state index contributed by atoms with van der Waals surface area (Å²) in [6, 6.07) is 6.84. The third-order valence-corrected chi connectivity index (χ3v) is 4.74. The van der Waals surface area contributed by atoms with Gasteiger partial charge in [0.15, 0.2) is 0 Å². The van der Waals surface area contributed by atoms with Gasteiger partial charge in [0.2, 0.25) is 0 Å². The monoisotopic (exact) mass is 275 g/mol. The summed E-state index contributed by atoms with van der Waals surface area (Å²) in [5, 5.41) is 14.0. The third-order valence-electron chi connectivity index (χ3n) is 4.74. The number of hydrogen-bond donors (Lipinski definition) is 2. The molecule has 1 unspecified atom stereocenters. The summed E-state index contributed by atoms with van der Waals surface area (Å²) in [6.45, 7) is 3.71. The highest BCUT2D eigenvalue weighted by molar-refractivity contribution is 5.40. The molecule has 1 aromatic carbocycles. The second-order valence-corrected chi connectivity index (χ2v) is 6.24. The van der Waals surface area contributed by atoms with E-state index in [2.05, 4.69) is 30.4 Å². The molecule has 2 aliphatic rings. The van der Waals surface area contributed by atoms with Gasteiger partial charge in [0, 0.05) is 19.0 Å². The van der Waals surface area contributed by atoms with E-state index in [1.165, 1.54) is 11.1 Å². The zero-order chi connectivity index (χ0) is 14.0. The number of rotatable bonds is 5. The molecule has 1 aliphatic heterocycles. The van der Waals surface area contributed by atoms with E-state index in [1.807, 2.05) is 0 Å². The predicted octanol–water partition coefficient (Wildman–Crippen LogP) is 2.97. The Morgan fingerprint density at radius 1 is 1.35 bits per heavy atom. The van der Waals surface area contributed by atoms with E-state index in [1.54, 1.807) is 0 Å². The van der Waals surface area contributed by atoms with Crippen molar-refractivity contribution in [1.29, 1.82) is 0 Å². The average Bonchev–Trinajstić information content (AvgIpc) is 3.08. The van der Waals surface area contributed by atoms with Crippen LogP contribution in [0.2, 0.25) is 0 Å². The fourth-order valence-corrected chi connectivity index (χ4v) is 3.44. The molecule has 3 nitrogen and oxygen atoms in total. The van der Waals surface area contributed by atoms with Gasteiger partial charge in [0.1, 0.15) is 5.75 Å². The Morgan fingerprint density at radius 3 is 2.90 bits per heavy atom. The molecule has 0 spiro atoms. The number of ether oxygens (including phenoxy) is 1. The van der Waals surface area contributed by atoms with E-state index in [0.717, 1.165) is 50.9 Å². The number of aliphatic hydroxyl groups is 1. The largest absolute Gasteiger partial charge is 0.493 e. The fraction of sp³-hybridized carbons (Fsp3) is 0.647. The Labute approximate surface area is 121 Å². The lowest BCUT2D eigenvalue weighted by Gasteiger charge is -2.26. The lowest BCUT2D eigenvalue weighted by Crippen LogP contribution is -2.39. The smallest absolute Gasteiger partial charge is 0.122 e. The van der Waals surface area contributed by atoms with Gasteiger partial charge in [-0.05, 0) is 36.5 Å². The van der Waals surface area contributed by atoms with E-state index in [-0.39, 0.29) is 0 Å². The standard InChI is InChI=1S/C17H25NO2/c1-2-15(18-12-17(19)8-3-4-9-17)13-5-6-16-14(11-13)7-10-20-16/h5-6,11,15,18-19H,2-4,7-10,12H2,1H3. The van der Waals surface area contributed by atoms with Gasteiger partial charge in [-0.3, -0.25) is 0 Å². The summed E-state index contributed by atoms with van der Waals surface area (Å²) in [5.74, 6) is 1.04. The molecule has 0 radical (unpaired) electrons. The van der Waals surface area contributed by atoms with Crippen LogP contribution >= 0.6 is 0 Å². The topological polar surface area (TPSA) is 41.5 Å². The van der Waals surface area contributed by atoms with Crippen molar-refractivity contribution in [2.45, 2.75) is 57.1 Å². The van der Waals surface area contributed by atoms with Gasteiger partial charge < -0.3 is 15.2 Å². The van der Waals surface area contributed by atoms with E-state index < -0.39 is 5.60 Å². The lowest BCUT2D eigenvalue weighted by atomic mass is 9.98. The second-order valence-electron chi connectivity index (χ2n) is 6.24. The molecule has 3 heteroatoms. The Bertz CT molecular complexity index is 466. The van der Waals surface area contributed by atoms with Gasteiger partial charge in [-0.1, -0.05) is 31.9 Å². The molecule has 0 bridgehead atoms. The highest BCUT2D eigenvalue weighted by Crippen LogP contribution is 2.31. The first-order valence-corrected chi connectivity index (χ1v) is 7.91. The van der Waals surface area contributed by atoms with Crippen molar-refractivity contribution in [3.05, 3.63) is 29.3 Å². The molecule has 0 amide bonds. The van der Waals surface area contributed by atoms with Crippen LogP contribution in [0, 0.1) is 0 Å². The first-order valence-electron chi connectivity index (χ1n) is 7.91. The van der Waals surface area contributed by atoms with Crippen molar-refractivity contribution >= 4 is 0 Å². The predicted molar refractivity (Wildman–Crippen MR) is 80.1 cm³/mol. The first kappa shape index (κ1) is 13.9. The molecule has 110 valence electrons. The summed E-state index contributed by atoms with van der Waals surface area (Å²) in [5.41, 5.74) is 2.16. The lowest BCUT2D eigenvalue weighted by molar-refractivity contribution is 0.0446. The van der Waals surface area contributed by atoms with Gasteiger partial charge in [0.05, 0.1) is 12.2 Å². The summed E-state index contributed by atoms with van der Waals surface area (Å²) in [4.78, 5) is 0. The third kappa shape index (κ3) is 2.84. The fourth-order valence-electron chi connectivity index (χ4n) is 3.44. The van der Waals surface area contributed by atoms with E-state index >= 15 is 0 Å². The van der Waals surface area contributed by atoms with Crippen molar-refractivity contribution < 1.29 is 9.84 Å². The SMILES string of the molecule is CCC(NCC1(O)CCCC1)c1ccc2c(c1)CCO2.